The van der Waals surface area contributed by atoms with E-state index >= 15 is 0 Å². The first-order valence-corrected chi connectivity index (χ1v) is 14.1. The molecule has 2 aromatic carbocycles. The first-order valence-electron chi connectivity index (χ1n) is 14.1. The van der Waals surface area contributed by atoms with E-state index < -0.39 is 23.6 Å². The number of nitrogens with zero attached hydrogens (tertiary/aromatic N) is 5. The molecule has 222 valence electrons. The number of hydrogen-bond acceptors (Lipinski definition) is 9. The maximum atomic E-state index is 13.5. The summed E-state index contributed by atoms with van der Waals surface area (Å²) in [5.74, 6) is 1.03. The molecular formula is C30H33N9O4. The zero-order chi connectivity index (χ0) is 30.0. The number of amides is 2. The van der Waals surface area contributed by atoms with Crippen molar-refractivity contribution in [3.05, 3.63) is 67.3 Å². The quantitative estimate of drug-likeness (QED) is 0.208. The standard InChI is InChI=1S/C30H33N9O4/c1-30(2,3)43-29(41)38-22(13-20-14-31-15-32-20)28(40)37-19-10-9-18-6-4-7-23(21(18)12-19)42-24-8-5-11-39(24)27-25-26(34-16-33-25)35-17-36-27/h4,6-7,9-10,12,14-17,22,24H,5,8,11,13H2,1-3H3,(H,31,32)(H,37,40)(H,38,41)(H,33,34,35,36)/t22-,24?/m0/s1. The van der Waals surface area contributed by atoms with Crippen LogP contribution in [0.2, 0.25) is 0 Å². The molecule has 2 atom stereocenters. The van der Waals surface area contributed by atoms with Gasteiger partial charge in [0.2, 0.25) is 5.91 Å². The summed E-state index contributed by atoms with van der Waals surface area (Å²) in [5.41, 5.74) is 1.93. The minimum absolute atomic E-state index is 0.206. The van der Waals surface area contributed by atoms with Crippen LogP contribution in [0, 0.1) is 0 Å². The van der Waals surface area contributed by atoms with Gasteiger partial charge in [-0.25, -0.2) is 24.7 Å². The summed E-state index contributed by atoms with van der Waals surface area (Å²) in [7, 11) is 0. The van der Waals surface area contributed by atoms with E-state index in [2.05, 4.69) is 45.4 Å². The van der Waals surface area contributed by atoms with Crippen LogP contribution in [-0.4, -0.2) is 66.3 Å². The van der Waals surface area contributed by atoms with Gasteiger partial charge in [0.05, 0.1) is 12.7 Å². The van der Waals surface area contributed by atoms with Crippen molar-refractivity contribution in [1.29, 1.82) is 0 Å². The second kappa shape index (κ2) is 11.6. The van der Waals surface area contributed by atoms with Crippen LogP contribution in [0.5, 0.6) is 5.75 Å². The van der Waals surface area contributed by atoms with Gasteiger partial charge in [0.15, 0.2) is 17.7 Å². The van der Waals surface area contributed by atoms with Crippen molar-refractivity contribution >= 4 is 45.4 Å². The summed E-state index contributed by atoms with van der Waals surface area (Å²) in [6, 6.07) is 10.6. The molecule has 6 rings (SSSR count). The monoisotopic (exact) mass is 583 g/mol. The Morgan fingerprint density at radius 1 is 1.12 bits per heavy atom. The van der Waals surface area contributed by atoms with E-state index in [-0.39, 0.29) is 12.6 Å². The van der Waals surface area contributed by atoms with Crippen molar-refractivity contribution in [3.63, 3.8) is 0 Å². The molecular weight excluding hydrogens is 550 g/mol. The Morgan fingerprint density at radius 2 is 2.00 bits per heavy atom. The van der Waals surface area contributed by atoms with Crippen LogP contribution in [0.3, 0.4) is 0 Å². The number of carbonyl (C=O) groups is 2. The molecule has 0 aliphatic carbocycles. The Balaban J connectivity index is 1.23. The van der Waals surface area contributed by atoms with Crippen molar-refractivity contribution in [2.24, 2.45) is 0 Å². The van der Waals surface area contributed by atoms with Crippen LogP contribution >= 0.6 is 0 Å². The SMILES string of the molecule is CC(C)(C)OC(=O)N[C@@H](Cc1cnc[nH]1)C(=O)Nc1ccc2cccc(OC3CCCN3c3ncnc4nc[nH]c34)c2c1. The number of fused-ring (bicyclic) bond motifs is 2. The Morgan fingerprint density at radius 3 is 2.81 bits per heavy atom. The Bertz CT molecular complexity index is 1750. The molecule has 0 spiro atoms. The molecule has 0 bridgehead atoms. The molecule has 1 fully saturated rings. The van der Waals surface area contributed by atoms with Gasteiger partial charge in [-0.2, -0.15) is 0 Å². The molecule has 1 aliphatic heterocycles. The number of alkyl carbamates (subject to hydrolysis) is 1. The molecule has 4 heterocycles. The number of imidazole rings is 2. The fraction of sp³-hybridized carbons (Fsp3) is 0.333. The van der Waals surface area contributed by atoms with Gasteiger partial charge in [-0.15, -0.1) is 0 Å². The Hall–Kier alpha value is -5.20. The lowest BCUT2D eigenvalue weighted by Gasteiger charge is -2.27. The highest BCUT2D eigenvalue weighted by Gasteiger charge is 2.30. The lowest BCUT2D eigenvalue weighted by Crippen LogP contribution is -2.47. The van der Waals surface area contributed by atoms with E-state index in [1.807, 2.05) is 36.4 Å². The summed E-state index contributed by atoms with van der Waals surface area (Å²) in [5, 5.41) is 7.44. The number of ether oxygens (including phenoxy) is 2. The summed E-state index contributed by atoms with van der Waals surface area (Å²) in [4.78, 5) is 51.3. The molecule has 43 heavy (non-hydrogen) atoms. The molecule has 0 saturated carbocycles. The maximum Gasteiger partial charge on any atom is 0.408 e. The van der Waals surface area contributed by atoms with Gasteiger partial charge in [-0.3, -0.25) is 4.79 Å². The van der Waals surface area contributed by atoms with Gasteiger partial charge in [0.25, 0.3) is 0 Å². The van der Waals surface area contributed by atoms with Gasteiger partial charge in [-0.1, -0.05) is 18.2 Å². The third-order valence-corrected chi connectivity index (χ3v) is 7.03. The van der Waals surface area contributed by atoms with Crippen molar-refractivity contribution in [3.8, 4) is 5.75 Å². The average molecular weight is 584 g/mol. The number of aromatic amines is 2. The van der Waals surface area contributed by atoms with E-state index in [4.69, 9.17) is 9.47 Å². The largest absolute Gasteiger partial charge is 0.470 e. The third kappa shape index (κ3) is 6.35. The normalized spacial score (nSPS) is 15.9. The number of anilines is 2. The van der Waals surface area contributed by atoms with Gasteiger partial charge < -0.3 is 35.0 Å². The number of benzene rings is 2. The van der Waals surface area contributed by atoms with E-state index in [1.165, 1.54) is 12.7 Å². The molecule has 4 N–H and O–H groups in total. The zero-order valence-electron chi connectivity index (χ0n) is 24.1. The molecule has 13 nitrogen and oxygen atoms in total. The minimum atomic E-state index is -0.906. The molecule has 0 radical (unpaired) electrons. The van der Waals surface area contributed by atoms with Gasteiger partial charge in [-0.05, 0) is 50.8 Å². The highest BCUT2D eigenvalue weighted by molar-refractivity contribution is 5.99. The second-order valence-electron chi connectivity index (χ2n) is 11.4. The highest BCUT2D eigenvalue weighted by atomic mass is 16.6. The Labute approximate surface area is 247 Å². The minimum Gasteiger partial charge on any atom is -0.470 e. The van der Waals surface area contributed by atoms with E-state index in [9.17, 15) is 9.59 Å². The van der Waals surface area contributed by atoms with E-state index in [1.54, 1.807) is 33.3 Å². The van der Waals surface area contributed by atoms with Crippen molar-refractivity contribution in [2.45, 2.75) is 57.9 Å². The third-order valence-electron chi connectivity index (χ3n) is 7.03. The Kier molecular flexibility index (Phi) is 7.53. The lowest BCUT2D eigenvalue weighted by atomic mass is 10.1. The van der Waals surface area contributed by atoms with Crippen molar-refractivity contribution in [2.75, 3.05) is 16.8 Å². The smallest absolute Gasteiger partial charge is 0.408 e. The van der Waals surface area contributed by atoms with Crippen LogP contribution in [0.15, 0.2) is 61.6 Å². The molecule has 13 heteroatoms. The first-order chi connectivity index (χ1) is 20.7. The molecule has 1 saturated heterocycles. The highest BCUT2D eigenvalue weighted by Crippen LogP contribution is 2.34. The lowest BCUT2D eigenvalue weighted by molar-refractivity contribution is -0.118. The fourth-order valence-electron chi connectivity index (χ4n) is 5.15. The number of nitrogens with one attached hydrogen (secondary N) is 4. The molecule has 5 aromatic rings. The number of carbonyl (C=O) groups excluding carboxylic acids is 2. The molecule has 1 aliphatic rings. The van der Waals surface area contributed by atoms with Crippen LogP contribution in [0.25, 0.3) is 21.9 Å². The summed E-state index contributed by atoms with van der Waals surface area (Å²) < 4.78 is 12.0. The molecule has 1 unspecified atom stereocenters. The number of rotatable bonds is 8. The fourth-order valence-corrected chi connectivity index (χ4v) is 5.15. The zero-order valence-corrected chi connectivity index (χ0v) is 24.1. The molecule has 2 amide bonds. The number of H-pyrrole nitrogens is 2. The van der Waals surface area contributed by atoms with Gasteiger partial charge >= 0.3 is 6.09 Å². The van der Waals surface area contributed by atoms with E-state index in [0.717, 1.165) is 41.5 Å². The predicted molar refractivity (Wildman–Crippen MR) is 161 cm³/mol. The van der Waals surface area contributed by atoms with Crippen molar-refractivity contribution < 1.29 is 19.1 Å². The van der Waals surface area contributed by atoms with Crippen LogP contribution in [0.4, 0.5) is 16.3 Å². The molecule has 3 aromatic heterocycles. The van der Waals surface area contributed by atoms with Crippen LogP contribution in [-0.2, 0) is 16.0 Å². The topological polar surface area (TPSA) is 163 Å². The van der Waals surface area contributed by atoms with Gasteiger partial charge in [0.1, 0.15) is 29.2 Å². The summed E-state index contributed by atoms with van der Waals surface area (Å²) in [6.45, 7) is 6.08. The number of hydrogen-bond donors (Lipinski definition) is 4. The van der Waals surface area contributed by atoms with Crippen LogP contribution in [0.1, 0.15) is 39.3 Å². The van der Waals surface area contributed by atoms with Crippen molar-refractivity contribution in [1.82, 2.24) is 35.2 Å². The van der Waals surface area contributed by atoms with E-state index in [0.29, 0.717) is 22.8 Å². The predicted octanol–water partition coefficient (Wildman–Crippen LogP) is 4.31. The second-order valence-corrected chi connectivity index (χ2v) is 11.4. The summed E-state index contributed by atoms with van der Waals surface area (Å²) in [6.07, 6.45) is 7.29. The van der Waals surface area contributed by atoms with Crippen LogP contribution < -0.4 is 20.3 Å². The maximum absolute atomic E-state index is 13.5. The summed E-state index contributed by atoms with van der Waals surface area (Å²) >= 11 is 0. The van der Waals surface area contributed by atoms with Gasteiger partial charge in [0, 0.05) is 42.4 Å². The first kappa shape index (κ1) is 27.9. The number of aromatic nitrogens is 6. The average Bonchev–Trinajstić information content (AvgIpc) is 3.74.